The van der Waals surface area contributed by atoms with Gasteiger partial charge < -0.3 is 35.4 Å². The van der Waals surface area contributed by atoms with E-state index in [-0.39, 0.29) is 30.5 Å². The number of ether oxygens (including phenoxy) is 1. The van der Waals surface area contributed by atoms with E-state index in [2.05, 4.69) is 20.4 Å². The van der Waals surface area contributed by atoms with Gasteiger partial charge in [-0.3, -0.25) is 14.5 Å². The van der Waals surface area contributed by atoms with Crippen molar-refractivity contribution >= 4 is 29.3 Å². The predicted octanol–water partition coefficient (Wildman–Crippen LogP) is 1.31. The number of piperazine rings is 1. The second kappa shape index (κ2) is 11.0. The Balaban J connectivity index is 1.41. The van der Waals surface area contributed by atoms with E-state index in [1.165, 1.54) is 4.90 Å². The molecule has 0 radical (unpaired) electrons. The first-order valence-electron chi connectivity index (χ1n) is 12.8. The number of carbonyl (C=O) groups is 3. The van der Waals surface area contributed by atoms with Crippen molar-refractivity contribution in [1.29, 1.82) is 0 Å². The Morgan fingerprint density at radius 2 is 1.78 bits per heavy atom. The molecule has 2 saturated heterocycles. The Morgan fingerprint density at radius 1 is 1.11 bits per heavy atom. The summed E-state index contributed by atoms with van der Waals surface area (Å²) in [5.41, 5.74) is 0.534. The van der Waals surface area contributed by atoms with Gasteiger partial charge in [0.25, 0.3) is 11.8 Å². The average Bonchev–Trinajstić information content (AvgIpc) is 2.84. The molecular weight excluding hydrogens is 478 g/mol. The van der Waals surface area contributed by atoms with Crippen molar-refractivity contribution in [3.8, 4) is 0 Å². The van der Waals surface area contributed by atoms with Gasteiger partial charge in [-0.05, 0) is 51.5 Å². The van der Waals surface area contributed by atoms with E-state index in [1.54, 1.807) is 32.9 Å². The van der Waals surface area contributed by atoms with Gasteiger partial charge in [-0.25, -0.2) is 4.79 Å². The van der Waals surface area contributed by atoms with E-state index in [0.717, 1.165) is 31.9 Å². The third-order valence-corrected chi connectivity index (χ3v) is 6.92. The highest BCUT2D eigenvalue weighted by atomic mass is 16.6. The fourth-order valence-corrected chi connectivity index (χ4v) is 4.98. The number of fused-ring (bicyclic) bond motifs is 1. The fraction of sp³-hybridized carbons (Fsp3) is 0.577. The first-order valence-corrected chi connectivity index (χ1v) is 12.8. The van der Waals surface area contributed by atoms with Crippen LogP contribution in [-0.2, 0) is 14.3 Å². The summed E-state index contributed by atoms with van der Waals surface area (Å²) < 4.78 is 5.44. The SMILES string of the molecule is CC(C)(C)OC(=O)N1CCC2NC(=O)C(C(=O)Nc3ccc(N4CCN(CCO)CC4)cc3)=C(O)C2C1. The molecule has 1 aromatic carbocycles. The molecule has 11 nitrogen and oxygen atoms in total. The van der Waals surface area contributed by atoms with Crippen LogP contribution in [0.25, 0.3) is 0 Å². The number of anilines is 2. The first-order chi connectivity index (χ1) is 17.6. The second-order valence-corrected chi connectivity index (χ2v) is 10.7. The molecule has 11 heteroatoms. The Bertz CT molecular complexity index is 1040. The molecule has 2 fully saturated rings. The number of piperidine rings is 1. The molecule has 3 amide bonds. The number of amides is 3. The van der Waals surface area contributed by atoms with E-state index >= 15 is 0 Å². The third-order valence-electron chi connectivity index (χ3n) is 6.92. The summed E-state index contributed by atoms with van der Waals surface area (Å²) in [5, 5.41) is 25.6. The molecule has 0 aliphatic carbocycles. The molecule has 3 aliphatic rings. The molecule has 202 valence electrons. The van der Waals surface area contributed by atoms with Crippen LogP contribution in [0.1, 0.15) is 27.2 Å². The number of benzene rings is 1. The monoisotopic (exact) mass is 515 g/mol. The lowest BCUT2D eigenvalue weighted by Gasteiger charge is -2.41. The number of nitrogens with one attached hydrogen (secondary N) is 2. The summed E-state index contributed by atoms with van der Waals surface area (Å²) in [6.07, 6.45) is -0.0406. The van der Waals surface area contributed by atoms with Crippen molar-refractivity contribution in [3.05, 3.63) is 35.6 Å². The van der Waals surface area contributed by atoms with Crippen LogP contribution in [0.2, 0.25) is 0 Å². The minimum absolute atomic E-state index is 0.142. The van der Waals surface area contributed by atoms with Crippen molar-refractivity contribution in [1.82, 2.24) is 15.1 Å². The smallest absolute Gasteiger partial charge is 0.410 e. The van der Waals surface area contributed by atoms with Crippen molar-refractivity contribution in [2.45, 2.75) is 38.8 Å². The number of nitrogens with zero attached hydrogens (tertiary/aromatic N) is 3. The highest BCUT2D eigenvalue weighted by Crippen LogP contribution is 2.30. The zero-order valence-corrected chi connectivity index (χ0v) is 21.7. The molecule has 4 N–H and O–H groups in total. The Hall–Kier alpha value is -3.31. The van der Waals surface area contributed by atoms with Gasteiger partial charge >= 0.3 is 6.09 Å². The number of aliphatic hydroxyl groups excluding tert-OH is 2. The summed E-state index contributed by atoms with van der Waals surface area (Å²) in [6.45, 7) is 10.1. The highest BCUT2D eigenvalue weighted by molar-refractivity contribution is 6.23. The summed E-state index contributed by atoms with van der Waals surface area (Å²) in [6, 6.07) is 6.98. The number of aliphatic hydroxyl groups is 2. The van der Waals surface area contributed by atoms with Gasteiger partial charge in [-0.2, -0.15) is 0 Å². The standard InChI is InChI=1S/C26H37N5O6/c1-26(2,3)37-25(36)31-9-8-20-19(16-31)22(33)21(24(35)28-20)23(34)27-17-4-6-18(7-5-17)30-12-10-29(11-13-30)14-15-32/h4-7,19-20,32-33H,8-16H2,1-3H3,(H,27,34)(H,28,35). The second-order valence-electron chi connectivity index (χ2n) is 10.7. The lowest BCUT2D eigenvalue weighted by molar-refractivity contribution is -0.124. The van der Waals surface area contributed by atoms with E-state index in [9.17, 15) is 19.5 Å². The summed E-state index contributed by atoms with van der Waals surface area (Å²) in [4.78, 5) is 44.2. The minimum Gasteiger partial charge on any atom is -0.511 e. The Kier molecular flexibility index (Phi) is 7.93. The van der Waals surface area contributed by atoms with Crippen LogP contribution in [0.15, 0.2) is 35.6 Å². The number of hydrogen-bond acceptors (Lipinski definition) is 8. The van der Waals surface area contributed by atoms with E-state index in [4.69, 9.17) is 9.84 Å². The Labute approximate surface area is 217 Å². The molecular formula is C26H37N5O6. The number of hydrogen-bond donors (Lipinski definition) is 4. The van der Waals surface area contributed by atoms with Gasteiger partial charge in [0, 0.05) is 63.2 Å². The van der Waals surface area contributed by atoms with E-state index in [1.807, 2.05) is 12.1 Å². The predicted molar refractivity (Wildman–Crippen MR) is 138 cm³/mol. The normalized spacial score (nSPS) is 22.9. The topological polar surface area (TPSA) is 135 Å². The molecule has 3 aliphatic heterocycles. The lowest BCUT2D eigenvalue weighted by Crippen LogP contribution is -2.57. The molecule has 2 unspecified atom stereocenters. The maximum atomic E-state index is 13.0. The van der Waals surface area contributed by atoms with Gasteiger partial charge in [-0.15, -0.1) is 0 Å². The molecule has 0 bridgehead atoms. The number of rotatable bonds is 5. The number of likely N-dealkylation sites (tertiary alicyclic amines) is 1. The van der Waals surface area contributed by atoms with Crippen LogP contribution in [0.3, 0.4) is 0 Å². The summed E-state index contributed by atoms with van der Waals surface area (Å²) in [5.74, 6) is -2.23. The van der Waals surface area contributed by atoms with Crippen LogP contribution >= 0.6 is 0 Å². The molecule has 0 aromatic heterocycles. The molecule has 37 heavy (non-hydrogen) atoms. The van der Waals surface area contributed by atoms with Crippen LogP contribution in [-0.4, -0.2) is 102 Å². The summed E-state index contributed by atoms with van der Waals surface area (Å²) >= 11 is 0. The van der Waals surface area contributed by atoms with Crippen molar-refractivity contribution < 1.29 is 29.3 Å². The van der Waals surface area contributed by atoms with E-state index in [0.29, 0.717) is 25.2 Å². The van der Waals surface area contributed by atoms with Crippen molar-refractivity contribution in [3.63, 3.8) is 0 Å². The van der Waals surface area contributed by atoms with Gasteiger partial charge in [0.05, 0.1) is 12.5 Å². The third kappa shape index (κ3) is 6.34. The highest BCUT2D eigenvalue weighted by Gasteiger charge is 2.43. The molecule has 2 atom stereocenters. The van der Waals surface area contributed by atoms with Gasteiger partial charge in [-0.1, -0.05) is 0 Å². The van der Waals surface area contributed by atoms with Gasteiger partial charge in [0.2, 0.25) is 0 Å². The number of β-amino-alcohol motifs (C(OH)–C–C–N with tert-alkyl or cyclic N) is 1. The first kappa shape index (κ1) is 26.7. The molecule has 1 aromatic rings. The van der Waals surface area contributed by atoms with Crippen LogP contribution < -0.4 is 15.5 Å². The Morgan fingerprint density at radius 3 is 2.41 bits per heavy atom. The summed E-state index contributed by atoms with van der Waals surface area (Å²) in [7, 11) is 0. The van der Waals surface area contributed by atoms with Crippen molar-refractivity contribution in [2.75, 3.05) is 62.6 Å². The van der Waals surface area contributed by atoms with Crippen LogP contribution in [0, 0.1) is 5.92 Å². The van der Waals surface area contributed by atoms with Gasteiger partial charge in [0.1, 0.15) is 16.9 Å². The van der Waals surface area contributed by atoms with Gasteiger partial charge in [0.15, 0.2) is 0 Å². The average molecular weight is 516 g/mol. The minimum atomic E-state index is -0.701. The number of carbonyl (C=O) groups excluding carboxylic acids is 3. The van der Waals surface area contributed by atoms with Crippen molar-refractivity contribution in [2.24, 2.45) is 5.92 Å². The zero-order valence-electron chi connectivity index (χ0n) is 21.7. The maximum absolute atomic E-state index is 13.0. The van der Waals surface area contributed by atoms with Crippen LogP contribution in [0.5, 0.6) is 0 Å². The quantitative estimate of drug-likeness (QED) is 0.431. The lowest BCUT2D eigenvalue weighted by atomic mass is 9.85. The molecule has 3 heterocycles. The zero-order chi connectivity index (χ0) is 26.7. The largest absolute Gasteiger partial charge is 0.511 e. The molecule has 0 spiro atoms. The van der Waals surface area contributed by atoms with Crippen LogP contribution in [0.4, 0.5) is 16.2 Å². The van der Waals surface area contributed by atoms with E-state index < -0.39 is 29.4 Å². The molecule has 0 saturated carbocycles. The fourth-order valence-electron chi connectivity index (χ4n) is 4.98. The maximum Gasteiger partial charge on any atom is 0.410 e. The molecule has 4 rings (SSSR count).